The van der Waals surface area contributed by atoms with Crippen molar-refractivity contribution in [3.8, 4) is 16.9 Å². The fourth-order valence-electron chi connectivity index (χ4n) is 5.41. The van der Waals surface area contributed by atoms with E-state index in [9.17, 15) is 31.2 Å². The molecule has 1 N–H and O–H groups in total. The number of carboxylic acids is 1. The summed E-state index contributed by atoms with van der Waals surface area (Å²) in [5.74, 6) is -0.585. The second-order valence-corrected chi connectivity index (χ2v) is 12.3. The van der Waals surface area contributed by atoms with Crippen molar-refractivity contribution < 1.29 is 41.0 Å². The van der Waals surface area contributed by atoms with E-state index in [1.807, 2.05) is 24.0 Å². The normalized spacial score (nSPS) is 16.9. The Bertz CT molecular complexity index is 1680. The van der Waals surface area contributed by atoms with E-state index < -0.39 is 38.7 Å². The number of nitrogens with zero attached hydrogens (tertiary/aromatic N) is 4. The van der Waals surface area contributed by atoms with Gasteiger partial charge in [-0.15, -0.1) is 0 Å². The number of amides is 1. The van der Waals surface area contributed by atoms with Crippen molar-refractivity contribution in [1.29, 1.82) is 0 Å². The molecule has 10 nitrogen and oxygen atoms in total. The van der Waals surface area contributed by atoms with E-state index in [1.165, 1.54) is 12.0 Å². The number of carboxylic acid groups (broad SMARTS) is 1. The highest BCUT2D eigenvalue weighted by Gasteiger charge is 2.42. The lowest BCUT2D eigenvalue weighted by Crippen LogP contribution is -2.61. The Morgan fingerprint density at radius 1 is 1.05 bits per heavy atom. The van der Waals surface area contributed by atoms with Gasteiger partial charge in [0.2, 0.25) is 5.91 Å². The van der Waals surface area contributed by atoms with Crippen molar-refractivity contribution in [1.82, 2.24) is 9.88 Å². The molecule has 2 aromatic carbocycles. The largest absolute Gasteiger partial charge is 0.497 e. The van der Waals surface area contributed by atoms with E-state index in [-0.39, 0.29) is 44.1 Å². The summed E-state index contributed by atoms with van der Waals surface area (Å²) in [5, 5.41) is 8.97. The van der Waals surface area contributed by atoms with Crippen LogP contribution in [0.2, 0.25) is 0 Å². The summed E-state index contributed by atoms with van der Waals surface area (Å²) in [6.45, 7) is 2.37. The van der Waals surface area contributed by atoms with E-state index in [0.29, 0.717) is 35.3 Å². The maximum Gasteiger partial charge on any atom is 0.416 e. The lowest BCUT2D eigenvalue weighted by atomic mass is 10.0. The van der Waals surface area contributed by atoms with Crippen LogP contribution >= 0.6 is 0 Å². The number of alkyl halides is 3. The average molecular weight is 619 g/mol. The van der Waals surface area contributed by atoms with Gasteiger partial charge in [0.15, 0.2) is 5.82 Å². The van der Waals surface area contributed by atoms with Crippen molar-refractivity contribution >= 4 is 33.4 Å². The number of rotatable bonds is 7. The highest BCUT2D eigenvalue weighted by atomic mass is 32.2. The highest BCUT2D eigenvalue weighted by Crippen LogP contribution is 2.41. The molecule has 1 aromatic heterocycles. The van der Waals surface area contributed by atoms with Crippen molar-refractivity contribution in [2.24, 2.45) is 0 Å². The minimum atomic E-state index is -4.75. The van der Waals surface area contributed by atoms with Gasteiger partial charge in [-0.05, 0) is 54.4 Å². The van der Waals surface area contributed by atoms with Crippen molar-refractivity contribution in [2.45, 2.75) is 36.9 Å². The first-order valence-electron chi connectivity index (χ1n) is 13.4. The molecule has 0 aliphatic carbocycles. The summed E-state index contributed by atoms with van der Waals surface area (Å²) in [5.41, 5.74) is 1.27. The number of ether oxygens (including phenoxy) is 1. The van der Waals surface area contributed by atoms with Gasteiger partial charge in [0.05, 0.1) is 42.3 Å². The second-order valence-electron chi connectivity index (χ2n) is 10.4. The average Bonchev–Trinajstić information content (AvgIpc) is 2.98. The number of carbonyl (C=O) groups excluding carboxylic acids is 1. The molecule has 3 aromatic rings. The van der Waals surface area contributed by atoms with Gasteiger partial charge in [-0.25, -0.2) is 13.4 Å². The molecule has 5 rings (SSSR count). The first kappa shape index (κ1) is 30.1. The number of halogens is 3. The van der Waals surface area contributed by atoms with Crippen molar-refractivity contribution in [3.63, 3.8) is 0 Å². The minimum absolute atomic E-state index is 0.0883. The maximum absolute atomic E-state index is 14.0. The van der Waals surface area contributed by atoms with Crippen LogP contribution in [0.25, 0.3) is 11.1 Å². The van der Waals surface area contributed by atoms with Gasteiger partial charge < -0.3 is 19.6 Å². The fourth-order valence-corrected chi connectivity index (χ4v) is 6.95. The third-order valence-corrected chi connectivity index (χ3v) is 9.30. The summed E-state index contributed by atoms with van der Waals surface area (Å²) >= 11 is 0. The molecular formula is C29H29F3N4O6S. The molecule has 0 radical (unpaired) electrons. The van der Waals surface area contributed by atoms with Crippen LogP contribution < -0.4 is 13.9 Å². The van der Waals surface area contributed by atoms with Gasteiger partial charge in [-0.2, -0.15) is 13.2 Å². The van der Waals surface area contributed by atoms with Crippen LogP contribution in [0.1, 0.15) is 24.0 Å². The first-order chi connectivity index (χ1) is 20.3. The number of aromatic nitrogens is 1. The van der Waals surface area contributed by atoms with E-state index in [0.717, 1.165) is 28.1 Å². The number of aliphatic carboxylic acids is 1. The molecule has 14 heteroatoms. The molecule has 43 heavy (non-hydrogen) atoms. The Balaban J connectivity index is 1.59. The molecule has 0 bridgehead atoms. The van der Waals surface area contributed by atoms with Gasteiger partial charge in [-0.1, -0.05) is 12.1 Å². The minimum Gasteiger partial charge on any atom is -0.497 e. The van der Waals surface area contributed by atoms with Crippen LogP contribution in [0.5, 0.6) is 5.75 Å². The predicted octanol–water partition coefficient (Wildman–Crippen LogP) is 4.18. The number of benzene rings is 2. The third kappa shape index (κ3) is 6.10. The zero-order valence-corrected chi connectivity index (χ0v) is 24.2. The van der Waals surface area contributed by atoms with Crippen LogP contribution in [-0.2, 0) is 25.8 Å². The lowest BCUT2D eigenvalue weighted by Gasteiger charge is -2.48. The summed E-state index contributed by atoms with van der Waals surface area (Å²) in [4.78, 5) is 31.1. The lowest BCUT2D eigenvalue weighted by molar-refractivity contribution is -0.141. The van der Waals surface area contributed by atoms with Crippen molar-refractivity contribution in [2.75, 3.05) is 42.5 Å². The molecule has 1 fully saturated rings. The number of piperazine rings is 1. The van der Waals surface area contributed by atoms with Crippen LogP contribution in [0.4, 0.5) is 24.7 Å². The molecule has 0 spiro atoms. The number of hydrogen-bond donors (Lipinski definition) is 1. The Labute approximate surface area is 246 Å². The van der Waals surface area contributed by atoms with E-state index in [1.54, 1.807) is 18.3 Å². The third-order valence-electron chi connectivity index (χ3n) is 7.52. The monoisotopic (exact) mass is 618 g/mol. The second kappa shape index (κ2) is 11.4. The van der Waals surface area contributed by atoms with Crippen LogP contribution in [-0.4, -0.2) is 74.6 Å². The molecule has 2 aliphatic heterocycles. The van der Waals surface area contributed by atoms with E-state index >= 15 is 0 Å². The number of aryl methyl sites for hydroxylation is 1. The number of pyridine rings is 1. The predicted molar refractivity (Wildman–Crippen MR) is 152 cm³/mol. The number of sulfonamides is 1. The van der Waals surface area contributed by atoms with Crippen LogP contribution in [0.15, 0.2) is 59.6 Å². The summed E-state index contributed by atoms with van der Waals surface area (Å²) in [6.07, 6.45) is -3.70. The Hall–Kier alpha value is -4.33. The fraction of sp³-hybridized carbons (Fsp3) is 0.345. The molecule has 1 atom stereocenters. The SMILES string of the molecule is COc1cc(C)cc(-c2cnc3c(c2)N(S(=O)(=O)c2cccc(C(F)(F)F)c2)C[C@@H]2CN(C(=O)CCC(=O)O)CCN32)c1. The molecule has 228 valence electrons. The molecule has 1 saturated heterocycles. The molecular weight excluding hydrogens is 589 g/mol. The maximum atomic E-state index is 14.0. The zero-order valence-electron chi connectivity index (χ0n) is 23.3. The van der Waals surface area contributed by atoms with Crippen molar-refractivity contribution in [3.05, 3.63) is 65.9 Å². The molecule has 1 amide bonds. The van der Waals surface area contributed by atoms with E-state index in [2.05, 4.69) is 4.98 Å². The van der Waals surface area contributed by atoms with Crippen LogP contribution in [0, 0.1) is 6.92 Å². The van der Waals surface area contributed by atoms with Gasteiger partial charge in [0, 0.05) is 37.8 Å². The summed E-state index contributed by atoms with van der Waals surface area (Å²) < 4.78 is 75.1. The molecule has 0 unspecified atom stereocenters. The highest BCUT2D eigenvalue weighted by molar-refractivity contribution is 7.92. The van der Waals surface area contributed by atoms with Gasteiger partial charge >= 0.3 is 12.1 Å². The smallest absolute Gasteiger partial charge is 0.416 e. The summed E-state index contributed by atoms with van der Waals surface area (Å²) in [6, 6.07) is 10.1. The number of hydrogen-bond acceptors (Lipinski definition) is 7. The molecule has 2 aliphatic rings. The Kier molecular flexibility index (Phi) is 7.99. The van der Waals surface area contributed by atoms with Gasteiger partial charge in [0.1, 0.15) is 5.75 Å². The first-order valence-corrected chi connectivity index (χ1v) is 14.8. The Morgan fingerprint density at radius 3 is 2.51 bits per heavy atom. The quantitative estimate of drug-likeness (QED) is 0.419. The topological polar surface area (TPSA) is 120 Å². The number of methoxy groups -OCH3 is 1. The number of anilines is 2. The molecule has 3 heterocycles. The number of carbonyl (C=O) groups is 2. The van der Waals surface area contributed by atoms with E-state index in [4.69, 9.17) is 9.84 Å². The molecule has 0 saturated carbocycles. The van der Waals surface area contributed by atoms with Gasteiger partial charge in [-0.3, -0.25) is 13.9 Å². The summed E-state index contributed by atoms with van der Waals surface area (Å²) in [7, 11) is -3.00. The zero-order chi connectivity index (χ0) is 31.1. The van der Waals surface area contributed by atoms with Gasteiger partial charge in [0.25, 0.3) is 10.0 Å². The van der Waals surface area contributed by atoms with Crippen LogP contribution in [0.3, 0.4) is 0 Å². The standard InChI is InChI=1S/C29H29F3N4O6S/c1-18-10-19(12-23(11-18)42-2)20-13-25-28(33-15-20)35-9-8-34(26(37)6-7-27(38)39)16-22(35)17-36(25)43(40,41)24-5-3-4-21(14-24)29(30,31)32/h3-5,10-15,22H,6-9,16-17H2,1-2H3,(H,38,39)/t22-/m0/s1. The Morgan fingerprint density at radius 2 is 1.81 bits per heavy atom. The number of fused-ring (bicyclic) bond motifs is 3.